The number of aliphatic imine (C=N–C) groups is 1. The molecule has 4 saturated carbocycles. The summed E-state index contributed by atoms with van der Waals surface area (Å²) in [6, 6.07) is 10.1. The van der Waals surface area contributed by atoms with Crippen molar-refractivity contribution in [2.75, 3.05) is 31.1 Å². The van der Waals surface area contributed by atoms with Crippen molar-refractivity contribution in [3.8, 4) is 12.3 Å². The first-order valence-corrected chi connectivity index (χ1v) is 12.7. The third-order valence-corrected chi connectivity index (χ3v) is 9.14. The van der Waals surface area contributed by atoms with Gasteiger partial charge in [0, 0.05) is 26.2 Å². The van der Waals surface area contributed by atoms with Crippen LogP contribution in [0.15, 0.2) is 29.3 Å². The van der Waals surface area contributed by atoms with Gasteiger partial charge < -0.3 is 10.0 Å². The molecule has 2 atom stereocenters. The van der Waals surface area contributed by atoms with E-state index in [1.54, 1.807) is 0 Å². The minimum atomic E-state index is -0.633. The molecule has 8 nitrogen and oxygen atoms in total. The van der Waals surface area contributed by atoms with Crippen LogP contribution in [0.4, 0.5) is 5.69 Å². The van der Waals surface area contributed by atoms with Gasteiger partial charge in [0.05, 0.1) is 28.2 Å². The van der Waals surface area contributed by atoms with Crippen LogP contribution in [0.1, 0.15) is 51.5 Å². The number of carboxylic acids is 1. The van der Waals surface area contributed by atoms with Crippen LogP contribution in [0.3, 0.4) is 0 Å². The van der Waals surface area contributed by atoms with Crippen LogP contribution in [-0.4, -0.2) is 59.6 Å². The normalized spacial score (nSPS) is 32.7. The number of anilines is 1. The van der Waals surface area contributed by atoms with Gasteiger partial charge in [-0.05, 0) is 75.8 Å². The fourth-order valence-electron chi connectivity index (χ4n) is 7.52. The maximum Gasteiger partial charge on any atom is 0.309 e. The summed E-state index contributed by atoms with van der Waals surface area (Å²) < 4.78 is 0. The molecule has 0 spiro atoms. The Balaban J connectivity index is 1.34. The number of nitriles is 2. The molecule has 0 radical (unpaired) electrons. The lowest BCUT2D eigenvalue weighted by molar-refractivity contribution is -0.166. The topological polar surface area (TPSA) is 116 Å². The molecule has 0 amide bonds. The molecule has 184 valence electrons. The minimum absolute atomic E-state index is 0.0814. The van der Waals surface area contributed by atoms with Crippen LogP contribution >= 0.6 is 0 Å². The van der Waals surface area contributed by atoms with Gasteiger partial charge in [0.15, 0.2) is 6.19 Å². The molecule has 4 aliphatic carbocycles. The van der Waals surface area contributed by atoms with E-state index < -0.39 is 16.9 Å². The number of hydrogen-bond donors (Lipinski definition) is 2. The van der Waals surface area contributed by atoms with E-state index in [1.165, 1.54) is 0 Å². The molecule has 2 unspecified atom stereocenters. The van der Waals surface area contributed by atoms with Crippen molar-refractivity contribution in [3.63, 3.8) is 0 Å². The number of carboxylic acid groups (broad SMARTS) is 1. The summed E-state index contributed by atoms with van der Waals surface area (Å²) >= 11 is 0. The molecule has 5 aliphatic rings. The Morgan fingerprint density at radius 2 is 1.77 bits per heavy atom. The smallest absolute Gasteiger partial charge is 0.309 e. The van der Waals surface area contributed by atoms with Crippen molar-refractivity contribution in [1.82, 2.24) is 10.2 Å². The molecular weight excluding hydrogens is 440 g/mol. The van der Waals surface area contributed by atoms with Crippen LogP contribution in [0, 0.1) is 46.0 Å². The number of piperazine rings is 1. The van der Waals surface area contributed by atoms with Gasteiger partial charge in [0.25, 0.3) is 0 Å². The van der Waals surface area contributed by atoms with E-state index in [2.05, 4.69) is 41.2 Å². The zero-order valence-corrected chi connectivity index (χ0v) is 20.6. The van der Waals surface area contributed by atoms with Crippen molar-refractivity contribution in [2.24, 2.45) is 28.2 Å². The molecule has 1 aliphatic heterocycles. The lowest BCUT2D eigenvalue weighted by Crippen LogP contribution is -2.61. The van der Waals surface area contributed by atoms with Crippen LogP contribution < -0.4 is 10.2 Å². The zero-order valence-electron chi connectivity index (χ0n) is 20.6. The van der Waals surface area contributed by atoms with Crippen molar-refractivity contribution < 1.29 is 9.90 Å². The van der Waals surface area contributed by atoms with Gasteiger partial charge in [0.2, 0.25) is 0 Å². The predicted octanol–water partition coefficient (Wildman–Crippen LogP) is 3.21. The fraction of sp³-hybridized carbons (Fsp3) is 0.630. The third kappa shape index (κ3) is 4.04. The minimum Gasteiger partial charge on any atom is -0.481 e. The highest BCUT2D eigenvalue weighted by atomic mass is 16.4. The summed E-state index contributed by atoms with van der Waals surface area (Å²) in [6.07, 6.45) is 6.46. The maximum atomic E-state index is 12.1. The standard InChI is InChI=1S/C27H34N6O2/c1-26(2,33-9-7-32(8-10-33)22-6-4-3-5-19(22)16-28)24(30-17-29)31-23-20-11-18-12-21(23)15-27(13-18,14-20)25(34)35/h3-6,18,20-21,23H,7-15H2,1-2H3,(H,30,31)(H,34,35). The zero-order chi connectivity index (χ0) is 24.8. The van der Waals surface area contributed by atoms with Gasteiger partial charge in [-0.2, -0.15) is 10.5 Å². The molecule has 2 N–H and O–H groups in total. The number of amidine groups is 1. The first-order chi connectivity index (χ1) is 16.8. The van der Waals surface area contributed by atoms with Gasteiger partial charge in [-0.3, -0.25) is 20.0 Å². The van der Waals surface area contributed by atoms with E-state index >= 15 is 0 Å². The number of carbonyl (C=O) groups is 1. The summed E-state index contributed by atoms with van der Waals surface area (Å²) in [5.41, 5.74) is 0.638. The van der Waals surface area contributed by atoms with Crippen molar-refractivity contribution in [1.29, 1.82) is 10.5 Å². The van der Waals surface area contributed by atoms with Crippen LogP contribution in [-0.2, 0) is 4.79 Å². The fourth-order valence-corrected chi connectivity index (χ4v) is 7.52. The quantitative estimate of drug-likeness (QED) is 0.291. The number of nitrogens with zero attached hydrogens (tertiary/aromatic N) is 5. The molecule has 1 aromatic rings. The molecule has 35 heavy (non-hydrogen) atoms. The van der Waals surface area contributed by atoms with Crippen LogP contribution in [0.5, 0.6) is 0 Å². The lowest BCUT2D eigenvalue weighted by Gasteiger charge is -2.57. The molecular formula is C27H34N6O2. The first-order valence-electron chi connectivity index (χ1n) is 12.7. The Labute approximate surface area is 207 Å². The van der Waals surface area contributed by atoms with Crippen molar-refractivity contribution in [3.05, 3.63) is 29.8 Å². The second-order valence-electron chi connectivity index (χ2n) is 11.4. The lowest BCUT2D eigenvalue weighted by atomic mass is 9.48. The Bertz CT molecular complexity index is 1090. The van der Waals surface area contributed by atoms with E-state index in [0.29, 0.717) is 30.2 Å². The Morgan fingerprint density at radius 3 is 2.37 bits per heavy atom. The van der Waals surface area contributed by atoms with E-state index in [9.17, 15) is 20.4 Å². The summed E-state index contributed by atoms with van der Waals surface area (Å²) in [5.74, 6) is 1.12. The number of para-hydroxylation sites is 1. The van der Waals surface area contributed by atoms with Crippen molar-refractivity contribution >= 4 is 17.5 Å². The summed E-state index contributed by atoms with van der Waals surface area (Å²) in [6.45, 7) is 7.40. The maximum absolute atomic E-state index is 12.1. The van der Waals surface area contributed by atoms with Gasteiger partial charge in [-0.15, -0.1) is 0 Å². The largest absolute Gasteiger partial charge is 0.481 e. The average molecular weight is 475 g/mol. The van der Waals surface area contributed by atoms with Gasteiger partial charge in [-0.25, -0.2) is 0 Å². The number of aliphatic carboxylic acids is 1. The SMILES string of the molecule is CC(C)(C(=NC1C2CC3CC1CC(C(=O)O)(C3)C2)NC#N)N1CCN(c2ccccc2C#N)CC1. The van der Waals surface area contributed by atoms with Crippen LogP contribution in [0.2, 0.25) is 0 Å². The summed E-state index contributed by atoms with van der Waals surface area (Å²) in [7, 11) is 0. The molecule has 1 heterocycles. The van der Waals surface area contributed by atoms with Gasteiger partial charge >= 0.3 is 5.97 Å². The molecule has 1 saturated heterocycles. The predicted molar refractivity (Wildman–Crippen MR) is 133 cm³/mol. The molecule has 6 rings (SSSR count). The molecule has 0 aromatic heterocycles. The number of benzene rings is 1. The highest BCUT2D eigenvalue weighted by Gasteiger charge is 2.59. The number of nitrogens with one attached hydrogen (secondary N) is 1. The third-order valence-electron chi connectivity index (χ3n) is 9.14. The summed E-state index contributed by atoms with van der Waals surface area (Å²) in [4.78, 5) is 21.9. The van der Waals surface area contributed by atoms with Crippen molar-refractivity contribution in [2.45, 2.75) is 57.5 Å². The Morgan fingerprint density at radius 1 is 1.11 bits per heavy atom. The second kappa shape index (κ2) is 8.84. The second-order valence-corrected chi connectivity index (χ2v) is 11.4. The van der Waals surface area contributed by atoms with E-state index in [0.717, 1.165) is 51.1 Å². The molecule has 1 aromatic carbocycles. The highest BCUT2D eigenvalue weighted by Crippen LogP contribution is 2.61. The Kier molecular flexibility index (Phi) is 5.97. The average Bonchev–Trinajstić information content (AvgIpc) is 2.85. The number of rotatable bonds is 5. The van der Waals surface area contributed by atoms with E-state index in [4.69, 9.17) is 4.99 Å². The highest BCUT2D eigenvalue weighted by molar-refractivity contribution is 5.92. The molecule has 5 fully saturated rings. The van der Waals surface area contributed by atoms with E-state index in [1.807, 2.05) is 24.3 Å². The van der Waals surface area contributed by atoms with Gasteiger partial charge in [0.1, 0.15) is 11.9 Å². The first kappa shape index (κ1) is 23.6. The monoisotopic (exact) mass is 474 g/mol. The van der Waals surface area contributed by atoms with Crippen LogP contribution in [0.25, 0.3) is 0 Å². The molecule has 8 heteroatoms. The van der Waals surface area contributed by atoms with E-state index in [-0.39, 0.29) is 17.9 Å². The molecule has 4 bridgehead atoms. The Hall–Kier alpha value is -3.10. The van der Waals surface area contributed by atoms with Gasteiger partial charge in [-0.1, -0.05) is 12.1 Å². The number of hydrogen-bond acceptors (Lipinski definition) is 6. The summed E-state index contributed by atoms with van der Waals surface area (Å²) in [5, 5.41) is 31.9.